The van der Waals surface area contributed by atoms with Crippen molar-refractivity contribution in [3.63, 3.8) is 0 Å². The Bertz CT molecular complexity index is 417. The summed E-state index contributed by atoms with van der Waals surface area (Å²) in [6.45, 7) is 3.23. The van der Waals surface area contributed by atoms with Crippen LogP contribution in [0.2, 0.25) is 10.0 Å². The Labute approximate surface area is 111 Å². The Morgan fingerprint density at radius 3 is 2.71 bits per heavy atom. The van der Waals surface area contributed by atoms with Gasteiger partial charge >= 0.3 is 0 Å². The van der Waals surface area contributed by atoms with E-state index in [1.165, 1.54) is 0 Å². The molecule has 0 atom stereocenters. The molecule has 0 spiro atoms. The zero-order valence-electron chi connectivity index (χ0n) is 9.38. The fraction of sp³-hybridized carbons (Fsp3) is 0.417. The maximum Gasteiger partial charge on any atom is 0.227 e. The zero-order chi connectivity index (χ0) is 12.3. The maximum absolute atomic E-state index is 12.0. The van der Waals surface area contributed by atoms with Crippen molar-refractivity contribution in [2.75, 3.05) is 26.2 Å². The highest BCUT2D eigenvalue weighted by Crippen LogP contribution is 2.21. The minimum Gasteiger partial charge on any atom is -0.340 e. The molecule has 1 fully saturated rings. The normalized spacial score (nSPS) is 16.0. The first-order chi connectivity index (χ1) is 8.16. The average molecular weight is 273 g/mol. The average Bonchev–Trinajstić information content (AvgIpc) is 2.35. The van der Waals surface area contributed by atoms with E-state index in [0.717, 1.165) is 31.7 Å². The summed E-state index contributed by atoms with van der Waals surface area (Å²) < 4.78 is 0. The lowest BCUT2D eigenvalue weighted by Crippen LogP contribution is -2.46. The second kappa shape index (κ2) is 5.71. The molecule has 0 unspecified atom stereocenters. The quantitative estimate of drug-likeness (QED) is 0.893. The number of nitrogens with one attached hydrogen (secondary N) is 1. The fourth-order valence-electron chi connectivity index (χ4n) is 1.87. The Hall–Kier alpha value is -0.770. The van der Waals surface area contributed by atoms with Crippen molar-refractivity contribution in [1.82, 2.24) is 10.2 Å². The summed E-state index contributed by atoms with van der Waals surface area (Å²) in [5.74, 6) is 0.107. The van der Waals surface area contributed by atoms with Crippen LogP contribution >= 0.6 is 23.2 Å². The van der Waals surface area contributed by atoms with Gasteiger partial charge in [-0.15, -0.1) is 0 Å². The number of carbonyl (C=O) groups is 1. The maximum atomic E-state index is 12.0. The van der Waals surface area contributed by atoms with E-state index >= 15 is 0 Å². The van der Waals surface area contributed by atoms with Crippen molar-refractivity contribution >= 4 is 29.1 Å². The number of hydrogen-bond acceptors (Lipinski definition) is 2. The van der Waals surface area contributed by atoms with Crippen molar-refractivity contribution < 1.29 is 4.79 Å². The molecule has 1 amide bonds. The van der Waals surface area contributed by atoms with Gasteiger partial charge in [0.15, 0.2) is 0 Å². The summed E-state index contributed by atoms with van der Waals surface area (Å²) in [5, 5.41) is 4.42. The van der Waals surface area contributed by atoms with E-state index in [1.807, 2.05) is 4.90 Å². The van der Waals surface area contributed by atoms with Gasteiger partial charge in [-0.05, 0) is 23.8 Å². The van der Waals surface area contributed by atoms with E-state index in [-0.39, 0.29) is 5.91 Å². The Kier molecular flexibility index (Phi) is 4.26. The molecule has 17 heavy (non-hydrogen) atoms. The first-order valence-corrected chi connectivity index (χ1v) is 6.35. The molecule has 1 aromatic rings. The van der Waals surface area contributed by atoms with Gasteiger partial charge in [-0.2, -0.15) is 0 Å². The minimum atomic E-state index is 0.107. The zero-order valence-corrected chi connectivity index (χ0v) is 10.9. The lowest BCUT2D eigenvalue weighted by atomic mass is 10.1. The van der Waals surface area contributed by atoms with E-state index in [1.54, 1.807) is 18.2 Å². The SMILES string of the molecule is O=C(Cc1cc(Cl)ccc1Cl)N1CCNCC1. The van der Waals surface area contributed by atoms with Crippen LogP contribution in [0.4, 0.5) is 0 Å². The smallest absolute Gasteiger partial charge is 0.227 e. The molecule has 0 saturated carbocycles. The first kappa shape index (κ1) is 12.7. The molecule has 1 aromatic carbocycles. The highest BCUT2D eigenvalue weighted by molar-refractivity contribution is 6.33. The predicted octanol–water partition coefficient (Wildman–Crippen LogP) is 1.97. The summed E-state index contributed by atoms with van der Waals surface area (Å²) in [6.07, 6.45) is 0.319. The van der Waals surface area contributed by atoms with Gasteiger partial charge in [0.2, 0.25) is 5.91 Å². The summed E-state index contributed by atoms with van der Waals surface area (Å²) in [7, 11) is 0. The van der Waals surface area contributed by atoms with E-state index < -0.39 is 0 Å². The van der Waals surface area contributed by atoms with E-state index in [4.69, 9.17) is 23.2 Å². The van der Waals surface area contributed by atoms with Gasteiger partial charge in [0.1, 0.15) is 0 Å². The van der Waals surface area contributed by atoms with Crippen LogP contribution in [0.1, 0.15) is 5.56 Å². The summed E-state index contributed by atoms with van der Waals surface area (Å²) in [5.41, 5.74) is 0.794. The van der Waals surface area contributed by atoms with E-state index in [0.29, 0.717) is 16.5 Å². The van der Waals surface area contributed by atoms with Crippen LogP contribution in [-0.2, 0) is 11.2 Å². The molecule has 0 radical (unpaired) electrons. The number of halogens is 2. The molecule has 1 aliphatic rings. The monoisotopic (exact) mass is 272 g/mol. The van der Waals surface area contributed by atoms with Gasteiger partial charge in [0.25, 0.3) is 0 Å². The number of piperazine rings is 1. The summed E-state index contributed by atoms with van der Waals surface area (Å²) in [4.78, 5) is 13.9. The number of rotatable bonds is 2. The predicted molar refractivity (Wildman–Crippen MR) is 69.6 cm³/mol. The number of benzene rings is 1. The topological polar surface area (TPSA) is 32.3 Å². The van der Waals surface area contributed by atoms with Crippen molar-refractivity contribution in [1.29, 1.82) is 0 Å². The number of nitrogens with zero attached hydrogens (tertiary/aromatic N) is 1. The van der Waals surface area contributed by atoms with E-state index in [9.17, 15) is 4.79 Å². The Balaban J connectivity index is 2.04. The molecule has 0 aromatic heterocycles. The van der Waals surface area contributed by atoms with Gasteiger partial charge in [-0.25, -0.2) is 0 Å². The third-order valence-electron chi connectivity index (χ3n) is 2.82. The van der Waals surface area contributed by atoms with Crippen LogP contribution in [0.25, 0.3) is 0 Å². The summed E-state index contributed by atoms with van der Waals surface area (Å²) in [6, 6.07) is 5.21. The van der Waals surface area contributed by atoms with Crippen LogP contribution in [-0.4, -0.2) is 37.0 Å². The fourth-order valence-corrected chi connectivity index (χ4v) is 2.25. The largest absolute Gasteiger partial charge is 0.340 e. The van der Waals surface area contributed by atoms with E-state index in [2.05, 4.69) is 5.32 Å². The molecule has 0 aliphatic carbocycles. The standard InChI is InChI=1S/C12H14Cl2N2O/c13-10-1-2-11(14)9(7-10)8-12(17)16-5-3-15-4-6-16/h1-2,7,15H,3-6,8H2. The second-order valence-corrected chi connectivity index (χ2v) is 4.89. The van der Waals surface area contributed by atoms with Crippen LogP contribution in [0, 0.1) is 0 Å². The third-order valence-corrected chi connectivity index (χ3v) is 3.42. The Morgan fingerprint density at radius 1 is 1.29 bits per heavy atom. The van der Waals surface area contributed by atoms with Gasteiger partial charge < -0.3 is 10.2 Å². The molecule has 1 aliphatic heterocycles. The van der Waals surface area contributed by atoms with Crippen LogP contribution in [0.3, 0.4) is 0 Å². The number of hydrogen-bond donors (Lipinski definition) is 1. The summed E-state index contributed by atoms with van der Waals surface area (Å²) >= 11 is 11.9. The van der Waals surface area contributed by atoms with Gasteiger partial charge in [-0.1, -0.05) is 23.2 Å². The lowest BCUT2D eigenvalue weighted by Gasteiger charge is -2.27. The minimum absolute atomic E-state index is 0.107. The first-order valence-electron chi connectivity index (χ1n) is 5.59. The molecule has 1 saturated heterocycles. The number of amides is 1. The molecule has 2 rings (SSSR count). The van der Waals surface area contributed by atoms with Gasteiger partial charge in [0.05, 0.1) is 6.42 Å². The van der Waals surface area contributed by atoms with Crippen molar-refractivity contribution in [2.24, 2.45) is 0 Å². The van der Waals surface area contributed by atoms with Gasteiger partial charge in [0, 0.05) is 36.2 Å². The molecule has 3 nitrogen and oxygen atoms in total. The second-order valence-electron chi connectivity index (χ2n) is 4.04. The van der Waals surface area contributed by atoms with Crippen LogP contribution < -0.4 is 5.32 Å². The molecule has 0 bridgehead atoms. The molecule has 5 heteroatoms. The molecule has 1 heterocycles. The highest BCUT2D eigenvalue weighted by Gasteiger charge is 2.17. The molecule has 1 N–H and O–H groups in total. The molecular weight excluding hydrogens is 259 g/mol. The van der Waals surface area contributed by atoms with Crippen LogP contribution in [0.5, 0.6) is 0 Å². The highest BCUT2D eigenvalue weighted by atomic mass is 35.5. The van der Waals surface area contributed by atoms with Crippen molar-refractivity contribution in [2.45, 2.75) is 6.42 Å². The molecule has 92 valence electrons. The number of carbonyl (C=O) groups excluding carboxylic acids is 1. The van der Waals surface area contributed by atoms with Crippen LogP contribution in [0.15, 0.2) is 18.2 Å². The van der Waals surface area contributed by atoms with Gasteiger partial charge in [-0.3, -0.25) is 4.79 Å². The Morgan fingerprint density at radius 2 is 2.00 bits per heavy atom. The third kappa shape index (κ3) is 3.35. The molecular formula is C12H14Cl2N2O. The van der Waals surface area contributed by atoms with Crippen molar-refractivity contribution in [3.05, 3.63) is 33.8 Å². The van der Waals surface area contributed by atoms with Crippen molar-refractivity contribution in [3.8, 4) is 0 Å². The lowest BCUT2D eigenvalue weighted by molar-refractivity contribution is -0.131.